The monoisotopic (exact) mass is 458 g/mol. The average molecular weight is 459 g/mol. The van der Waals surface area contributed by atoms with E-state index in [-0.39, 0.29) is 19.1 Å². The molecule has 2 amide bonds. The van der Waals surface area contributed by atoms with Crippen molar-refractivity contribution in [2.24, 2.45) is 0 Å². The lowest BCUT2D eigenvalue weighted by atomic mass is 9.98. The standard InChI is InChI=1S/C27H26N2O5/c1-17(26(31)32)29-25(30)19-9-3-2-8-18(19)14-15-28-27(33)34-16-24-22-12-6-4-10-20(22)21-11-5-7-13-23(21)24/h2-13,17,24H,14-16H2,1H3,(H,28,33)(H,29,30)(H,31,32)/t17-/m1/s1. The van der Waals surface area contributed by atoms with Crippen LogP contribution in [-0.4, -0.2) is 42.3 Å². The molecule has 0 saturated carbocycles. The SMILES string of the molecule is C[C@@H](NC(=O)c1ccccc1CCNC(=O)OCC1c2ccccc2-c2ccccc21)C(=O)O. The van der Waals surface area contributed by atoms with Crippen LogP contribution in [0.4, 0.5) is 4.79 Å². The minimum absolute atomic E-state index is 0.0150. The van der Waals surface area contributed by atoms with Crippen molar-refractivity contribution in [3.05, 3.63) is 95.1 Å². The number of nitrogens with one attached hydrogen (secondary N) is 2. The first-order valence-electron chi connectivity index (χ1n) is 11.2. The van der Waals surface area contributed by atoms with Gasteiger partial charge in [-0.3, -0.25) is 9.59 Å². The second kappa shape index (κ2) is 10.2. The van der Waals surface area contributed by atoms with Crippen molar-refractivity contribution in [3.63, 3.8) is 0 Å². The van der Waals surface area contributed by atoms with Gasteiger partial charge in [0, 0.05) is 18.0 Å². The van der Waals surface area contributed by atoms with Gasteiger partial charge in [-0.1, -0.05) is 66.7 Å². The Morgan fingerprint density at radius 1 is 0.912 bits per heavy atom. The first-order chi connectivity index (χ1) is 16.5. The highest BCUT2D eigenvalue weighted by Crippen LogP contribution is 2.44. The molecule has 0 unspecified atom stereocenters. The van der Waals surface area contributed by atoms with Crippen LogP contribution in [-0.2, 0) is 16.0 Å². The van der Waals surface area contributed by atoms with Gasteiger partial charge in [-0.2, -0.15) is 0 Å². The van der Waals surface area contributed by atoms with E-state index in [4.69, 9.17) is 9.84 Å². The number of carboxylic acids is 1. The van der Waals surface area contributed by atoms with E-state index in [1.165, 1.54) is 18.1 Å². The maximum atomic E-state index is 12.4. The summed E-state index contributed by atoms with van der Waals surface area (Å²) in [4.78, 5) is 35.8. The fourth-order valence-electron chi connectivity index (χ4n) is 4.24. The zero-order chi connectivity index (χ0) is 24.1. The van der Waals surface area contributed by atoms with Gasteiger partial charge >= 0.3 is 12.1 Å². The highest BCUT2D eigenvalue weighted by atomic mass is 16.5. The molecule has 3 aromatic rings. The van der Waals surface area contributed by atoms with Gasteiger partial charge in [0.05, 0.1) is 0 Å². The Morgan fingerprint density at radius 3 is 2.15 bits per heavy atom. The fourth-order valence-corrected chi connectivity index (χ4v) is 4.24. The number of amides is 2. The van der Waals surface area contributed by atoms with Gasteiger partial charge in [-0.05, 0) is 47.2 Å². The van der Waals surface area contributed by atoms with Gasteiger partial charge in [0.25, 0.3) is 5.91 Å². The van der Waals surface area contributed by atoms with Crippen molar-refractivity contribution < 1.29 is 24.2 Å². The Bertz CT molecular complexity index is 1180. The summed E-state index contributed by atoms with van der Waals surface area (Å²) in [6.07, 6.45) is -0.127. The van der Waals surface area contributed by atoms with Crippen LogP contribution in [0.25, 0.3) is 11.1 Å². The van der Waals surface area contributed by atoms with Gasteiger partial charge in [0.1, 0.15) is 12.6 Å². The zero-order valence-electron chi connectivity index (χ0n) is 18.8. The molecule has 1 atom stereocenters. The van der Waals surface area contributed by atoms with Gasteiger partial charge in [0.15, 0.2) is 0 Å². The number of carbonyl (C=O) groups excluding carboxylic acids is 2. The summed E-state index contributed by atoms with van der Waals surface area (Å²) >= 11 is 0. The van der Waals surface area contributed by atoms with E-state index in [9.17, 15) is 14.4 Å². The molecule has 0 fully saturated rings. The van der Waals surface area contributed by atoms with Crippen LogP contribution in [0.3, 0.4) is 0 Å². The van der Waals surface area contributed by atoms with Gasteiger partial charge in [0.2, 0.25) is 0 Å². The molecular formula is C27H26N2O5. The van der Waals surface area contributed by atoms with Gasteiger partial charge < -0.3 is 20.5 Å². The number of hydrogen-bond acceptors (Lipinski definition) is 4. The largest absolute Gasteiger partial charge is 0.480 e. The van der Waals surface area contributed by atoms with Crippen LogP contribution in [0.1, 0.15) is 39.9 Å². The molecule has 7 nitrogen and oxygen atoms in total. The minimum Gasteiger partial charge on any atom is -0.480 e. The third-order valence-electron chi connectivity index (χ3n) is 5.99. The molecule has 0 heterocycles. The Balaban J connectivity index is 1.32. The van der Waals surface area contributed by atoms with E-state index in [0.29, 0.717) is 17.5 Å². The molecule has 1 aliphatic carbocycles. The number of benzene rings is 3. The van der Waals surface area contributed by atoms with Crippen molar-refractivity contribution in [2.75, 3.05) is 13.2 Å². The third-order valence-corrected chi connectivity index (χ3v) is 5.99. The van der Waals surface area contributed by atoms with E-state index in [1.54, 1.807) is 24.3 Å². The summed E-state index contributed by atoms with van der Waals surface area (Å²) in [7, 11) is 0. The molecule has 0 radical (unpaired) electrons. The number of fused-ring (bicyclic) bond motifs is 3. The third kappa shape index (κ3) is 4.93. The van der Waals surface area contributed by atoms with Crippen LogP contribution < -0.4 is 10.6 Å². The Labute approximate surface area is 197 Å². The minimum atomic E-state index is -1.11. The summed E-state index contributed by atoms with van der Waals surface area (Å²) in [5.41, 5.74) is 5.71. The van der Waals surface area contributed by atoms with Gasteiger partial charge in [-0.15, -0.1) is 0 Å². The fraction of sp³-hybridized carbons (Fsp3) is 0.222. The molecule has 34 heavy (non-hydrogen) atoms. The molecule has 174 valence electrons. The second-order valence-corrected chi connectivity index (χ2v) is 8.19. The zero-order valence-corrected chi connectivity index (χ0v) is 18.8. The molecule has 4 rings (SSSR count). The molecule has 0 aromatic heterocycles. The molecule has 0 aliphatic heterocycles. The number of aliphatic carboxylic acids is 1. The molecule has 0 bridgehead atoms. The first-order valence-corrected chi connectivity index (χ1v) is 11.2. The molecule has 3 N–H and O–H groups in total. The van der Waals surface area contributed by atoms with Crippen LogP contribution >= 0.6 is 0 Å². The molecule has 3 aromatic carbocycles. The number of ether oxygens (including phenoxy) is 1. The Kier molecular flexibility index (Phi) is 6.92. The molecule has 7 heteroatoms. The Hall–Kier alpha value is -4.13. The van der Waals surface area contributed by atoms with Crippen molar-refractivity contribution >= 4 is 18.0 Å². The highest BCUT2D eigenvalue weighted by molar-refractivity contribution is 5.97. The lowest BCUT2D eigenvalue weighted by Gasteiger charge is -2.15. The maximum Gasteiger partial charge on any atom is 0.407 e. The summed E-state index contributed by atoms with van der Waals surface area (Å²) in [5, 5.41) is 14.2. The van der Waals surface area contributed by atoms with Crippen molar-refractivity contribution in [2.45, 2.75) is 25.3 Å². The summed E-state index contributed by atoms with van der Waals surface area (Å²) in [5.74, 6) is -1.59. The maximum absolute atomic E-state index is 12.4. The van der Waals surface area contributed by atoms with Crippen molar-refractivity contribution in [1.82, 2.24) is 10.6 Å². The average Bonchev–Trinajstić information content (AvgIpc) is 3.16. The molecule has 0 spiro atoms. The number of carbonyl (C=O) groups is 3. The highest BCUT2D eigenvalue weighted by Gasteiger charge is 2.29. The normalized spacial score (nSPS) is 12.9. The number of rotatable bonds is 8. The van der Waals surface area contributed by atoms with E-state index in [0.717, 1.165) is 11.1 Å². The van der Waals surface area contributed by atoms with E-state index in [2.05, 4.69) is 34.9 Å². The van der Waals surface area contributed by atoms with Gasteiger partial charge in [-0.25, -0.2) is 4.79 Å². The Morgan fingerprint density at radius 2 is 1.50 bits per heavy atom. The lowest BCUT2D eigenvalue weighted by Crippen LogP contribution is -2.38. The molecule has 1 aliphatic rings. The summed E-state index contributed by atoms with van der Waals surface area (Å²) in [6.45, 7) is 1.91. The summed E-state index contributed by atoms with van der Waals surface area (Å²) in [6, 6.07) is 22.2. The topological polar surface area (TPSA) is 105 Å². The van der Waals surface area contributed by atoms with E-state index in [1.807, 2.05) is 24.3 Å². The molecular weight excluding hydrogens is 432 g/mol. The predicted molar refractivity (Wildman–Crippen MR) is 128 cm³/mol. The molecule has 0 saturated heterocycles. The van der Waals surface area contributed by atoms with E-state index < -0.39 is 24.0 Å². The van der Waals surface area contributed by atoms with Crippen LogP contribution in [0, 0.1) is 0 Å². The van der Waals surface area contributed by atoms with Crippen molar-refractivity contribution in [1.29, 1.82) is 0 Å². The van der Waals surface area contributed by atoms with Crippen molar-refractivity contribution in [3.8, 4) is 11.1 Å². The number of alkyl carbamates (subject to hydrolysis) is 1. The van der Waals surface area contributed by atoms with E-state index >= 15 is 0 Å². The van der Waals surface area contributed by atoms with Crippen LogP contribution in [0.2, 0.25) is 0 Å². The van der Waals surface area contributed by atoms with Crippen LogP contribution in [0.15, 0.2) is 72.8 Å². The quantitative estimate of drug-likeness (QED) is 0.474. The number of carboxylic acid groups (broad SMARTS) is 1. The first kappa shape index (κ1) is 23.0. The van der Waals surface area contributed by atoms with Crippen LogP contribution in [0.5, 0.6) is 0 Å². The number of hydrogen-bond donors (Lipinski definition) is 3. The lowest BCUT2D eigenvalue weighted by molar-refractivity contribution is -0.138. The predicted octanol–water partition coefficient (Wildman–Crippen LogP) is 3.97. The summed E-state index contributed by atoms with van der Waals surface area (Å²) < 4.78 is 5.54. The smallest absolute Gasteiger partial charge is 0.407 e. The second-order valence-electron chi connectivity index (χ2n) is 8.19.